The zero-order valence-corrected chi connectivity index (χ0v) is 11.8. The molecule has 0 bridgehead atoms. The standard InChI is InChI=1S/C14H24N2S/c1-12-7-8-13(11-14(12)15)16-9-5-3-4-6-10-17-2/h7-8,11,16H,3-6,9-10,15H2,1-2H3. The molecule has 0 atom stereocenters. The lowest BCUT2D eigenvalue weighted by Crippen LogP contribution is -2.02. The maximum Gasteiger partial charge on any atom is 0.0364 e. The van der Waals surface area contributed by atoms with Gasteiger partial charge in [0.2, 0.25) is 0 Å². The van der Waals surface area contributed by atoms with Crippen LogP contribution < -0.4 is 11.1 Å². The van der Waals surface area contributed by atoms with Gasteiger partial charge < -0.3 is 11.1 Å². The predicted molar refractivity (Wildman–Crippen MR) is 80.9 cm³/mol. The van der Waals surface area contributed by atoms with E-state index in [2.05, 4.69) is 23.7 Å². The monoisotopic (exact) mass is 252 g/mol. The largest absolute Gasteiger partial charge is 0.398 e. The lowest BCUT2D eigenvalue weighted by atomic mass is 10.1. The second-order valence-corrected chi connectivity index (χ2v) is 5.39. The van der Waals surface area contributed by atoms with Gasteiger partial charge in [0.05, 0.1) is 0 Å². The zero-order chi connectivity index (χ0) is 12.5. The van der Waals surface area contributed by atoms with Crippen molar-refractivity contribution in [2.45, 2.75) is 32.6 Å². The molecule has 3 N–H and O–H groups in total. The first kappa shape index (κ1) is 14.2. The van der Waals surface area contributed by atoms with Crippen LogP contribution in [-0.4, -0.2) is 18.6 Å². The van der Waals surface area contributed by atoms with Crippen LogP contribution in [0.5, 0.6) is 0 Å². The van der Waals surface area contributed by atoms with Gasteiger partial charge in [0.1, 0.15) is 0 Å². The average molecular weight is 252 g/mol. The summed E-state index contributed by atoms with van der Waals surface area (Å²) in [5.41, 5.74) is 9.02. The highest BCUT2D eigenvalue weighted by Gasteiger charge is 1.96. The van der Waals surface area contributed by atoms with Crippen LogP contribution in [0.15, 0.2) is 18.2 Å². The van der Waals surface area contributed by atoms with E-state index in [0.717, 1.165) is 23.5 Å². The van der Waals surface area contributed by atoms with Crippen LogP contribution in [0.3, 0.4) is 0 Å². The number of hydrogen-bond acceptors (Lipinski definition) is 3. The third-order valence-corrected chi connectivity index (χ3v) is 3.58. The molecular weight excluding hydrogens is 228 g/mol. The summed E-state index contributed by atoms with van der Waals surface area (Å²) in [6, 6.07) is 6.18. The number of rotatable bonds is 8. The Morgan fingerprint density at radius 2 is 1.94 bits per heavy atom. The molecule has 2 nitrogen and oxygen atoms in total. The van der Waals surface area contributed by atoms with E-state index in [1.54, 1.807) is 0 Å². The highest BCUT2D eigenvalue weighted by atomic mass is 32.2. The molecule has 0 amide bonds. The number of aryl methyl sites for hydroxylation is 1. The Morgan fingerprint density at radius 3 is 2.65 bits per heavy atom. The third-order valence-electron chi connectivity index (χ3n) is 2.88. The number of thioether (sulfide) groups is 1. The lowest BCUT2D eigenvalue weighted by molar-refractivity contribution is 0.689. The molecule has 1 rings (SSSR count). The van der Waals surface area contributed by atoms with Crippen molar-refractivity contribution in [1.29, 1.82) is 0 Å². The third kappa shape index (κ3) is 5.87. The minimum absolute atomic E-state index is 0.870. The van der Waals surface area contributed by atoms with Crippen molar-refractivity contribution in [3.63, 3.8) is 0 Å². The van der Waals surface area contributed by atoms with Crippen LogP contribution in [0.25, 0.3) is 0 Å². The average Bonchev–Trinajstić information content (AvgIpc) is 2.32. The Morgan fingerprint density at radius 1 is 1.18 bits per heavy atom. The van der Waals surface area contributed by atoms with Crippen LogP contribution in [0.4, 0.5) is 11.4 Å². The molecule has 1 aromatic rings. The quantitative estimate of drug-likeness (QED) is 0.544. The van der Waals surface area contributed by atoms with E-state index in [1.165, 1.54) is 31.4 Å². The second-order valence-electron chi connectivity index (χ2n) is 4.41. The molecular formula is C14H24N2S. The van der Waals surface area contributed by atoms with Gasteiger partial charge in [0.15, 0.2) is 0 Å². The number of unbranched alkanes of at least 4 members (excludes halogenated alkanes) is 3. The maximum absolute atomic E-state index is 5.86. The van der Waals surface area contributed by atoms with Gasteiger partial charge >= 0.3 is 0 Å². The molecule has 0 fully saturated rings. The summed E-state index contributed by atoms with van der Waals surface area (Å²) in [6.45, 7) is 3.08. The highest BCUT2D eigenvalue weighted by Crippen LogP contribution is 2.16. The molecule has 0 heterocycles. The Bertz CT molecular complexity index is 326. The van der Waals surface area contributed by atoms with Crippen LogP contribution in [0, 0.1) is 6.92 Å². The van der Waals surface area contributed by atoms with Crippen molar-refractivity contribution in [2.24, 2.45) is 0 Å². The normalized spacial score (nSPS) is 10.5. The molecule has 0 saturated heterocycles. The molecule has 0 spiro atoms. The smallest absolute Gasteiger partial charge is 0.0364 e. The molecule has 3 heteroatoms. The van der Waals surface area contributed by atoms with E-state index < -0.39 is 0 Å². The summed E-state index contributed by atoms with van der Waals surface area (Å²) in [5, 5.41) is 3.42. The molecule has 96 valence electrons. The van der Waals surface area contributed by atoms with Crippen molar-refractivity contribution in [3.8, 4) is 0 Å². The van der Waals surface area contributed by atoms with Gasteiger partial charge in [-0.15, -0.1) is 0 Å². The lowest BCUT2D eigenvalue weighted by Gasteiger charge is -2.08. The van der Waals surface area contributed by atoms with E-state index >= 15 is 0 Å². The van der Waals surface area contributed by atoms with Crippen LogP contribution >= 0.6 is 11.8 Å². The first-order valence-electron chi connectivity index (χ1n) is 6.33. The molecule has 17 heavy (non-hydrogen) atoms. The first-order chi connectivity index (χ1) is 8.24. The minimum atomic E-state index is 0.870. The van der Waals surface area contributed by atoms with E-state index in [1.807, 2.05) is 24.8 Å². The second kappa shape index (κ2) is 8.29. The predicted octanol–water partition coefficient (Wildman–Crippen LogP) is 3.91. The minimum Gasteiger partial charge on any atom is -0.398 e. The summed E-state index contributed by atoms with van der Waals surface area (Å²) in [4.78, 5) is 0. The molecule has 0 radical (unpaired) electrons. The van der Waals surface area contributed by atoms with Gasteiger partial charge in [0, 0.05) is 17.9 Å². The number of nitrogens with two attached hydrogens (primary N) is 1. The van der Waals surface area contributed by atoms with Crippen molar-refractivity contribution in [2.75, 3.05) is 29.6 Å². The molecule has 0 saturated carbocycles. The SMILES string of the molecule is CSCCCCCCNc1ccc(C)c(N)c1. The Balaban J connectivity index is 2.11. The van der Waals surface area contributed by atoms with E-state index in [0.29, 0.717) is 0 Å². The van der Waals surface area contributed by atoms with E-state index in [4.69, 9.17) is 5.73 Å². The maximum atomic E-state index is 5.86. The zero-order valence-electron chi connectivity index (χ0n) is 11.0. The fourth-order valence-corrected chi connectivity index (χ4v) is 2.20. The van der Waals surface area contributed by atoms with Crippen molar-refractivity contribution < 1.29 is 0 Å². The van der Waals surface area contributed by atoms with Gasteiger partial charge in [0.25, 0.3) is 0 Å². The fourth-order valence-electron chi connectivity index (χ4n) is 1.71. The molecule has 0 aliphatic rings. The Labute approximate surface area is 109 Å². The summed E-state index contributed by atoms with van der Waals surface area (Å²) in [6.07, 6.45) is 7.41. The van der Waals surface area contributed by atoms with Crippen LogP contribution in [0.2, 0.25) is 0 Å². The number of nitrogen functional groups attached to an aromatic ring is 1. The summed E-state index contributed by atoms with van der Waals surface area (Å²) in [7, 11) is 0. The molecule has 1 aromatic carbocycles. The molecule has 0 aromatic heterocycles. The molecule has 0 aliphatic carbocycles. The first-order valence-corrected chi connectivity index (χ1v) is 7.72. The summed E-state index contributed by atoms with van der Waals surface area (Å²) >= 11 is 1.94. The van der Waals surface area contributed by atoms with E-state index in [9.17, 15) is 0 Å². The molecule has 0 aliphatic heterocycles. The Kier molecular flexibility index (Phi) is 6.94. The van der Waals surface area contributed by atoms with Crippen molar-refractivity contribution >= 4 is 23.1 Å². The number of hydrogen-bond donors (Lipinski definition) is 2. The van der Waals surface area contributed by atoms with Gasteiger partial charge in [-0.05, 0) is 49.5 Å². The summed E-state index contributed by atoms with van der Waals surface area (Å²) < 4.78 is 0. The van der Waals surface area contributed by atoms with Gasteiger partial charge in [-0.2, -0.15) is 11.8 Å². The number of anilines is 2. The molecule has 0 unspecified atom stereocenters. The van der Waals surface area contributed by atoms with Gasteiger partial charge in [-0.25, -0.2) is 0 Å². The van der Waals surface area contributed by atoms with Crippen molar-refractivity contribution in [1.82, 2.24) is 0 Å². The Hall–Kier alpha value is -0.830. The summed E-state index contributed by atoms with van der Waals surface area (Å²) in [5.74, 6) is 1.29. The van der Waals surface area contributed by atoms with Crippen LogP contribution in [0.1, 0.15) is 31.2 Å². The highest BCUT2D eigenvalue weighted by molar-refractivity contribution is 7.98. The fraction of sp³-hybridized carbons (Fsp3) is 0.571. The topological polar surface area (TPSA) is 38.0 Å². The van der Waals surface area contributed by atoms with Crippen LogP contribution in [-0.2, 0) is 0 Å². The van der Waals surface area contributed by atoms with Gasteiger partial charge in [-0.1, -0.05) is 18.9 Å². The number of nitrogens with one attached hydrogen (secondary N) is 1. The van der Waals surface area contributed by atoms with Crippen molar-refractivity contribution in [3.05, 3.63) is 23.8 Å². The van der Waals surface area contributed by atoms with E-state index in [-0.39, 0.29) is 0 Å². The van der Waals surface area contributed by atoms with Gasteiger partial charge in [-0.3, -0.25) is 0 Å². The number of benzene rings is 1.